The number of hydrogen-bond donors (Lipinski definition) is 1. The van der Waals surface area contributed by atoms with Crippen molar-refractivity contribution in [3.63, 3.8) is 0 Å². The van der Waals surface area contributed by atoms with Gasteiger partial charge in [-0.1, -0.05) is 23.2 Å². The number of halogens is 2. The van der Waals surface area contributed by atoms with Gasteiger partial charge < -0.3 is 10.2 Å². The van der Waals surface area contributed by atoms with Gasteiger partial charge in [-0.2, -0.15) is 0 Å². The van der Waals surface area contributed by atoms with Gasteiger partial charge in [-0.3, -0.25) is 14.6 Å². The number of aromatic nitrogens is 1. The molecule has 1 aliphatic rings. The fourth-order valence-corrected chi connectivity index (χ4v) is 4.88. The lowest BCUT2D eigenvalue weighted by molar-refractivity contribution is 0.0792. The Morgan fingerprint density at radius 3 is 2.32 bits per heavy atom. The number of amides is 2. The number of hydrogen-bond acceptors (Lipinski definition) is 5. The number of carbonyl (C=O) groups is 2. The second-order valence-corrected chi connectivity index (χ2v) is 10.8. The van der Waals surface area contributed by atoms with Crippen molar-refractivity contribution < 1.29 is 18.0 Å². The summed E-state index contributed by atoms with van der Waals surface area (Å²) in [7, 11) is -3.44. The molecule has 1 saturated heterocycles. The minimum absolute atomic E-state index is 0.0227. The molecule has 3 aromatic rings. The second kappa shape index (κ2) is 9.74. The predicted octanol–water partition coefficient (Wildman–Crippen LogP) is 4.95. The van der Waals surface area contributed by atoms with Gasteiger partial charge in [0.25, 0.3) is 11.8 Å². The molecule has 0 radical (unpaired) electrons. The van der Waals surface area contributed by atoms with E-state index >= 15 is 0 Å². The molecule has 1 aliphatic heterocycles. The van der Waals surface area contributed by atoms with Crippen molar-refractivity contribution in [3.05, 3.63) is 75.9 Å². The maximum atomic E-state index is 12.7. The summed E-state index contributed by atoms with van der Waals surface area (Å²) < 4.78 is 23.4. The Bertz CT molecular complexity index is 1370. The number of nitrogens with one attached hydrogen (secondary N) is 1. The first-order chi connectivity index (χ1) is 16.1. The van der Waals surface area contributed by atoms with Crippen LogP contribution in [0.2, 0.25) is 10.0 Å². The molecule has 0 aliphatic carbocycles. The average Bonchev–Trinajstić information content (AvgIpc) is 3.34. The molecule has 34 heavy (non-hydrogen) atoms. The molecule has 1 aromatic heterocycles. The van der Waals surface area contributed by atoms with Crippen molar-refractivity contribution in [1.82, 2.24) is 9.88 Å². The van der Waals surface area contributed by atoms with Crippen molar-refractivity contribution in [3.8, 4) is 11.3 Å². The van der Waals surface area contributed by atoms with Crippen molar-refractivity contribution in [2.75, 3.05) is 24.7 Å². The van der Waals surface area contributed by atoms with Gasteiger partial charge in [-0.15, -0.1) is 0 Å². The second-order valence-electron chi connectivity index (χ2n) is 7.99. The molecule has 0 unspecified atom stereocenters. The highest BCUT2D eigenvalue weighted by atomic mass is 35.5. The number of pyridine rings is 1. The third kappa shape index (κ3) is 5.24. The molecule has 4 rings (SSSR count). The first kappa shape index (κ1) is 24.2. The van der Waals surface area contributed by atoms with Crippen molar-refractivity contribution in [2.24, 2.45) is 0 Å². The van der Waals surface area contributed by atoms with Crippen molar-refractivity contribution >= 4 is 50.5 Å². The normalized spacial score (nSPS) is 13.7. The van der Waals surface area contributed by atoms with E-state index in [0.717, 1.165) is 32.2 Å². The quantitative estimate of drug-likeness (QED) is 0.516. The highest BCUT2D eigenvalue weighted by molar-refractivity contribution is 7.90. The molecule has 0 atom stereocenters. The molecule has 2 amide bonds. The van der Waals surface area contributed by atoms with E-state index in [2.05, 4.69) is 10.3 Å². The minimum atomic E-state index is -3.44. The molecule has 0 bridgehead atoms. The zero-order chi connectivity index (χ0) is 24.5. The summed E-state index contributed by atoms with van der Waals surface area (Å²) in [4.78, 5) is 31.5. The van der Waals surface area contributed by atoms with Crippen molar-refractivity contribution in [1.29, 1.82) is 0 Å². The molecule has 10 heteroatoms. The van der Waals surface area contributed by atoms with Crippen LogP contribution in [0.5, 0.6) is 0 Å². The Balaban J connectivity index is 1.54. The highest BCUT2D eigenvalue weighted by Crippen LogP contribution is 2.30. The Hall–Kier alpha value is -2.94. The van der Waals surface area contributed by atoms with Gasteiger partial charge in [0.2, 0.25) is 0 Å². The minimum Gasteiger partial charge on any atom is -0.339 e. The standard InChI is InChI=1S/C24H21Cl2N3O4S/c1-34(32,33)17-6-7-18(21(26)13-17)23(30)28-16-5-8-20(25)19(12-16)22-9-4-15(14-27-22)24(31)29-10-2-3-11-29/h4-9,12-14H,2-3,10-11H2,1H3,(H,28,30). The van der Waals surface area contributed by atoms with E-state index < -0.39 is 15.7 Å². The first-order valence-corrected chi connectivity index (χ1v) is 13.1. The molecule has 2 aromatic carbocycles. The maximum absolute atomic E-state index is 12.7. The van der Waals surface area contributed by atoms with E-state index in [1.165, 1.54) is 24.4 Å². The third-order valence-corrected chi connectivity index (χ3v) is 7.27. The Morgan fingerprint density at radius 1 is 0.971 bits per heavy atom. The summed E-state index contributed by atoms with van der Waals surface area (Å²) in [5.74, 6) is -0.541. The van der Waals surface area contributed by atoms with Crippen LogP contribution in [0.3, 0.4) is 0 Å². The van der Waals surface area contributed by atoms with E-state index in [4.69, 9.17) is 23.2 Å². The molecule has 1 N–H and O–H groups in total. The molecule has 0 spiro atoms. The number of benzene rings is 2. The van der Waals surface area contributed by atoms with E-state index in [9.17, 15) is 18.0 Å². The lowest BCUT2D eigenvalue weighted by Crippen LogP contribution is -2.27. The topological polar surface area (TPSA) is 96.4 Å². The molecule has 0 saturated carbocycles. The van der Waals surface area contributed by atoms with Gasteiger partial charge in [0.1, 0.15) is 0 Å². The summed E-state index contributed by atoms with van der Waals surface area (Å²) in [5.41, 5.74) is 2.23. The van der Waals surface area contributed by atoms with Crippen LogP contribution in [0.1, 0.15) is 33.6 Å². The van der Waals surface area contributed by atoms with Gasteiger partial charge in [-0.25, -0.2) is 8.42 Å². The molecule has 1 fully saturated rings. The molecular formula is C24H21Cl2N3O4S. The van der Waals surface area contributed by atoms with E-state index in [1.807, 2.05) is 4.90 Å². The molecular weight excluding hydrogens is 497 g/mol. The summed E-state index contributed by atoms with van der Waals surface area (Å²) in [6.07, 6.45) is 4.62. The lowest BCUT2D eigenvalue weighted by atomic mass is 10.1. The van der Waals surface area contributed by atoms with Gasteiger partial charge >= 0.3 is 0 Å². The summed E-state index contributed by atoms with van der Waals surface area (Å²) in [5, 5.41) is 3.19. The molecule has 176 valence electrons. The SMILES string of the molecule is CS(=O)(=O)c1ccc(C(=O)Nc2ccc(Cl)c(-c3ccc(C(=O)N4CCCC4)cn3)c2)c(Cl)c1. The van der Waals surface area contributed by atoms with Crippen LogP contribution in [0, 0.1) is 0 Å². The van der Waals surface area contributed by atoms with Gasteiger partial charge in [0.05, 0.1) is 31.8 Å². The molecule has 2 heterocycles. The van der Waals surface area contributed by atoms with Gasteiger partial charge in [0, 0.05) is 36.8 Å². The summed E-state index contributed by atoms with van der Waals surface area (Å²) in [6.45, 7) is 1.52. The predicted molar refractivity (Wildman–Crippen MR) is 132 cm³/mol. The number of nitrogens with zero attached hydrogens (tertiary/aromatic N) is 2. The fraction of sp³-hybridized carbons (Fsp3) is 0.208. The zero-order valence-electron chi connectivity index (χ0n) is 18.2. The van der Waals surface area contributed by atoms with E-state index in [-0.39, 0.29) is 21.4 Å². The van der Waals surface area contributed by atoms with Gasteiger partial charge in [0.15, 0.2) is 9.84 Å². The van der Waals surface area contributed by atoms with Crippen LogP contribution in [-0.4, -0.2) is 49.5 Å². The average molecular weight is 518 g/mol. The number of sulfone groups is 1. The first-order valence-electron chi connectivity index (χ1n) is 10.5. The van der Waals surface area contributed by atoms with Crippen LogP contribution in [-0.2, 0) is 9.84 Å². The number of anilines is 1. The fourth-order valence-electron chi connectivity index (χ4n) is 3.69. The van der Waals surface area contributed by atoms with Crippen LogP contribution < -0.4 is 5.32 Å². The lowest BCUT2D eigenvalue weighted by Gasteiger charge is -2.15. The Morgan fingerprint density at radius 2 is 1.71 bits per heavy atom. The highest BCUT2D eigenvalue weighted by Gasteiger charge is 2.20. The number of likely N-dealkylation sites (tertiary alicyclic amines) is 1. The Kier molecular flexibility index (Phi) is 6.93. The van der Waals surface area contributed by atoms with Crippen LogP contribution >= 0.6 is 23.2 Å². The van der Waals surface area contributed by atoms with Crippen LogP contribution in [0.25, 0.3) is 11.3 Å². The number of carbonyl (C=O) groups excluding carboxylic acids is 2. The van der Waals surface area contributed by atoms with Crippen molar-refractivity contribution in [2.45, 2.75) is 17.7 Å². The largest absolute Gasteiger partial charge is 0.339 e. The Labute approximate surface area is 207 Å². The molecule has 7 nitrogen and oxygen atoms in total. The smallest absolute Gasteiger partial charge is 0.257 e. The summed E-state index contributed by atoms with van der Waals surface area (Å²) >= 11 is 12.5. The van der Waals surface area contributed by atoms with Crippen LogP contribution in [0.4, 0.5) is 5.69 Å². The van der Waals surface area contributed by atoms with E-state index in [1.54, 1.807) is 30.3 Å². The summed E-state index contributed by atoms with van der Waals surface area (Å²) in [6, 6.07) is 12.3. The van der Waals surface area contributed by atoms with Gasteiger partial charge in [-0.05, 0) is 61.4 Å². The van der Waals surface area contributed by atoms with E-state index in [0.29, 0.717) is 27.5 Å². The maximum Gasteiger partial charge on any atom is 0.257 e. The van der Waals surface area contributed by atoms with Crippen LogP contribution in [0.15, 0.2) is 59.6 Å². The third-order valence-electron chi connectivity index (χ3n) is 5.52. The monoisotopic (exact) mass is 517 g/mol. The zero-order valence-corrected chi connectivity index (χ0v) is 20.5. The number of rotatable bonds is 5.